The molecule has 0 spiro atoms. The zero-order chi connectivity index (χ0) is 35.3. The van der Waals surface area contributed by atoms with Crippen molar-refractivity contribution < 1.29 is 154 Å². The fourth-order valence-corrected chi connectivity index (χ4v) is 5.63. The fourth-order valence-electron chi connectivity index (χ4n) is 3.12. The molecule has 0 radical (unpaired) electrons. The molecule has 21 nitrogen and oxygen atoms in total. The van der Waals surface area contributed by atoms with Crippen molar-refractivity contribution in [1.82, 2.24) is 0 Å². The van der Waals surface area contributed by atoms with Gasteiger partial charge in [-0.05, 0) is 42.5 Å². The summed E-state index contributed by atoms with van der Waals surface area (Å²) >= 11 is -3.81. The van der Waals surface area contributed by atoms with Crippen LogP contribution in [-0.4, -0.2) is 60.8 Å². The van der Waals surface area contributed by atoms with Crippen LogP contribution < -0.4 is 105 Å². The van der Waals surface area contributed by atoms with Crippen LogP contribution in [-0.2, 0) is 69.1 Å². The molecule has 0 aliphatic rings. The molecule has 2 atom stereocenters. The zero-order valence-electron chi connectivity index (χ0n) is 26.6. The van der Waals surface area contributed by atoms with Crippen LogP contribution in [0.3, 0.4) is 0 Å². The van der Waals surface area contributed by atoms with Crippen LogP contribution in [0.5, 0.6) is 0 Å². The minimum absolute atomic E-state index is 0. The van der Waals surface area contributed by atoms with Gasteiger partial charge < -0.3 is 25.8 Å². The Morgan fingerprint density at radius 3 is 1.61 bits per heavy atom. The number of hydrogen-bond donors (Lipinski definition) is 2. The van der Waals surface area contributed by atoms with Crippen molar-refractivity contribution in [3.8, 4) is 0 Å². The van der Waals surface area contributed by atoms with Crippen molar-refractivity contribution in [2.45, 2.75) is 14.7 Å². The summed E-state index contributed by atoms with van der Waals surface area (Å²) in [7, 11) is -9.87. The van der Waals surface area contributed by atoms with Crippen LogP contribution >= 0.6 is 12.0 Å². The predicted molar refractivity (Wildman–Crippen MR) is 161 cm³/mol. The Bertz CT molecular complexity index is 1930. The smallest absolute Gasteiger partial charge is 0.726 e. The normalized spacial score (nSPS) is 12.9. The summed E-state index contributed by atoms with van der Waals surface area (Å²) in [6.45, 7) is -2.26. The van der Waals surface area contributed by atoms with Gasteiger partial charge in [0.25, 0.3) is 0 Å². The fraction of sp³-hybridized carbons (Fsp3) is 0.182. The molecule has 29 heteroatoms. The van der Waals surface area contributed by atoms with Crippen molar-refractivity contribution in [1.29, 1.82) is 0 Å². The number of nitrogens with two attached hydrogens (primary N) is 2. The van der Waals surface area contributed by atoms with Gasteiger partial charge >= 0.3 is 88.7 Å². The molecule has 0 aliphatic carbocycles. The van der Waals surface area contributed by atoms with Crippen LogP contribution in [0.4, 0.5) is 34.1 Å². The molecule has 3 aromatic carbocycles. The van der Waals surface area contributed by atoms with Crippen LogP contribution in [0, 0.1) is 0 Å². The van der Waals surface area contributed by atoms with Gasteiger partial charge in [0.2, 0.25) is 20.8 Å². The summed E-state index contributed by atoms with van der Waals surface area (Å²) < 4.78 is 110. The SMILES string of the molecule is Nc1c(N=Nc2cccc(S(=O)OCCOS(=O)(=O)[O-])c2)cc(SOO[O-])c(N)c1N=Nc1cccc(S(=O)OCCOS(=O)(=O)[O-])c1.[Na+].[Na+].[Na+]. The van der Waals surface area contributed by atoms with E-state index in [1.54, 1.807) is 0 Å². The number of hydrogen-bond acceptors (Lipinski definition) is 22. The summed E-state index contributed by atoms with van der Waals surface area (Å²) in [5.41, 5.74) is 12.2. The molecule has 0 heterocycles. The monoisotopic (exact) mass is 838 g/mol. The van der Waals surface area contributed by atoms with Gasteiger partial charge in [0.05, 0.1) is 75.9 Å². The molecule has 0 amide bonds. The second-order valence-electron chi connectivity index (χ2n) is 8.26. The Labute approximate surface area is 366 Å². The van der Waals surface area contributed by atoms with E-state index >= 15 is 0 Å². The molecule has 0 aromatic heterocycles. The summed E-state index contributed by atoms with van der Waals surface area (Å²) in [4.78, 5) is 0.249. The molecule has 4 N–H and O–H groups in total. The molecular weight excluding hydrogens is 818 g/mol. The maximum absolute atomic E-state index is 12.4. The van der Waals surface area contributed by atoms with Crippen LogP contribution in [0.15, 0.2) is 89.7 Å². The van der Waals surface area contributed by atoms with Gasteiger partial charge in [-0.1, -0.05) is 12.1 Å². The minimum Gasteiger partial charge on any atom is -0.726 e. The van der Waals surface area contributed by atoms with Crippen molar-refractivity contribution in [2.75, 3.05) is 37.9 Å². The number of azo groups is 2. The molecule has 3 aromatic rings. The molecule has 0 bridgehead atoms. The topological polar surface area (TPSA) is 328 Å². The van der Waals surface area contributed by atoms with Gasteiger partial charge in [0, 0.05) is 0 Å². The first-order valence-corrected chi connectivity index (χ1v) is 17.9. The summed E-state index contributed by atoms with van der Waals surface area (Å²) in [5.74, 6) is 0. The number of anilines is 2. The minimum atomic E-state index is -4.94. The third-order valence-corrected chi connectivity index (χ3v) is 8.62. The van der Waals surface area contributed by atoms with Gasteiger partial charge in [0.1, 0.15) is 11.4 Å². The average Bonchev–Trinajstić information content (AvgIpc) is 3.03. The molecule has 0 saturated heterocycles. The largest absolute Gasteiger partial charge is 1.00 e. The number of rotatable bonds is 19. The Hall–Kier alpha value is -0.350. The Morgan fingerprint density at radius 1 is 0.686 bits per heavy atom. The van der Waals surface area contributed by atoms with Gasteiger partial charge in [0.15, 0.2) is 22.2 Å². The summed E-state index contributed by atoms with van der Waals surface area (Å²) in [6, 6.07) is 12.6. The second-order valence-corrected chi connectivity index (χ2v) is 13.5. The van der Waals surface area contributed by atoms with Crippen LogP contribution in [0.2, 0.25) is 0 Å². The molecule has 3 rings (SSSR count). The van der Waals surface area contributed by atoms with E-state index in [1.807, 2.05) is 0 Å². The quantitative estimate of drug-likeness (QED) is 0.0130. The van der Waals surface area contributed by atoms with E-state index in [1.165, 1.54) is 54.6 Å². The molecule has 262 valence electrons. The van der Waals surface area contributed by atoms with E-state index < -0.39 is 69.4 Å². The van der Waals surface area contributed by atoms with Gasteiger partial charge in [-0.2, -0.15) is 14.6 Å². The van der Waals surface area contributed by atoms with Gasteiger partial charge in [-0.15, -0.1) is 10.2 Å². The summed E-state index contributed by atoms with van der Waals surface area (Å²) in [5, 5.41) is 30.0. The third kappa shape index (κ3) is 18.7. The average molecular weight is 839 g/mol. The molecule has 0 fully saturated rings. The van der Waals surface area contributed by atoms with Crippen molar-refractivity contribution >= 4 is 89.1 Å². The van der Waals surface area contributed by atoms with E-state index in [-0.39, 0.29) is 137 Å². The van der Waals surface area contributed by atoms with E-state index in [0.717, 1.165) is 0 Å². The second kappa shape index (κ2) is 24.9. The van der Waals surface area contributed by atoms with Crippen LogP contribution in [0.1, 0.15) is 0 Å². The first-order valence-electron chi connectivity index (χ1n) is 12.4. The van der Waals surface area contributed by atoms with E-state index in [0.29, 0.717) is 12.0 Å². The van der Waals surface area contributed by atoms with Crippen molar-refractivity contribution in [3.05, 3.63) is 54.6 Å². The van der Waals surface area contributed by atoms with Gasteiger partial charge in [-0.25, -0.2) is 25.3 Å². The molecule has 0 aliphatic heterocycles. The van der Waals surface area contributed by atoms with E-state index in [9.17, 15) is 39.6 Å². The van der Waals surface area contributed by atoms with Crippen molar-refractivity contribution in [3.63, 3.8) is 0 Å². The summed E-state index contributed by atoms with van der Waals surface area (Å²) in [6.07, 6.45) is 0. The first-order chi connectivity index (χ1) is 22.7. The molecule has 0 saturated carbocycles. The number of nitrogen functional groups attached to an aromatic ring is 2. The number of benzene rings is 3. The van der Waals surface area contributed by atoms with E-state index in [4.69, 9.17) is 19.8 Å². The van der Waals surface area contributed by atoms with E-state index in [2.05, 4.69) is 38.2 Å². The van der Waals surface area contributed by atoms with Crippen molar-refractivity contribution in [2.24, 2.45) is 20.5 Å². The Morgan fingerprint density at radius 2 is 1.16 bits per heavy atom. The molecular formula is C22H21N6Na3O15S5. The maximum Gasteiger partial charge on any atom is 1.00 e. The third-order valence-electron chi connectivity index (χ3n) is 5.03. The van der Waals surface area contributed by atoms with Gasteiger partial charge in [-0.3, -0.25) is 21.8 Å². The van der Waals surface area contributed by atoms with Crippen LogP contribution in [0.25, 0.3) is 0 Å². The predicted octanol–water partition coefficient (Wildman–Crippen LogP) is -7.04. The number of nitrogens with zero attached hydrogens (tertiary/aromatic N) is 4. The molecule has 51 heavy (non-hydrogen) atoms. The Balaban J connectivity index is 0.00000833. The first kappa shape index (κ1) is 50.6. The Kier molecular flexibility index (Phi) is 24.8. The maximum atomic E-state index is 12.4. The standard InChI is InChI=1S/C22H24N6O15S5.3Na/c23-20-18(27-25-14-3-1-5-16(11-14)45(30)38-7-9-40-47(32,33)34)13-19(44-43-42-29)21(24)22(20)28-26-15-4-2-6-17(12-15)46(31)39-8-10-41-48(35,36)37;;;/h1-6,11-13,29H,7-10,23-24H2,(H,32,33,34)(H,35,36,37);;;/q;3*+1/p-3. The molecule has 2 unspecified atom stereocenters. The zero-order valence-corrected chi connectivity index (χ0v) is 36.7.